The Kier molecular flexibility index (Phi) is 5.66. The fraction of sp³-hybridized carbons (Fsp3) is 0.125. The van der Waals surface area contributed by atoms with Crippen LogP contribution in [0.3, 0.4) is 0 Å². The number of carbonyl (C=O) groups excluding carboxylic acids is 2. The first kappa shape index (κ1) is 20.2. The zero-order valence-corrected chi connectivity index (χ0v) is 17.0. The van der Waals surface area contributed by atoms with Crippen LogP contribution in [0.5, 0.6) is 11.5 Å². The topological polar surface area (TPSA) is 87.9 Å². The molecule has 4 rings (SSSR count). The Hall–Kier alpha value is -4.13. The fourth-order valence-corrected chi connectivity index (χ4v) is 3.19. The van der Waals surface area contributed by atoms with Crippen LogP contribution < -0.4 is 9.47 Å². The van der Waals surface area contributed by atoms with Crippen LogP contribution in [0.15, 0.2) is 71.3 Å². The van der Waals surface area contributed by atoms with Crippen LogP contribution in [-0.2, 0) is 4.74 Å². The van der Waals surface area contributed by atoms with Crippen molar-refractivity contribution in [2.75, 3.05) is 20.8 Å². The number of benzene rings is 3. The number of Topliss-reactive ketones (excluding diaryl/α,β-unsaturated/α-hetero) is 1. The smallest absolute Gasteiger partial charge is 0.338 e. The Balaban J connectivity index is 1.52. The highest BCUT2D eigenvalue weighted by molar-refractivity contribution is 6.03. The molecule has 0 aliphatic rings. The summed E-state index contributed by atoms with van der Waals surface area (Å²) in [4.78, 5) is 25.1. The molecule has 0 bridgehead atoms. The standard InChI is InChI=1S/C24H19NO6/c1-28-17-9-10-18(22(13-17)29-2)21(26)14-30-24(27)16-8-11-20-19(12-16)23(31-25-20)15-6-4-3-5-7-15/h3-13H,14H2,1-2H3. The number of rotatable bonds is 7. The van der Waals surface area contributed by atoms with Crippen LogP contribution in [-0.4, -0.2) is 37.7 Å². The molecule has 0 aliphatic heterocycles. The molecule has 0 unspecified atom stereocenters. The molecule has 1 aromatic heterocycles. The summed E-state index contributed by atoms with van der Waals surface area (Å²) < 4.78 is 21.1. The SMILES string of the molecule is COc1ccc(C(=O)COC(=O)c2ccc3noc(-c4ccccc4)c3c2)c(OC)c1. The molecular formula is C24H19NO6. The van der Waals surface area contributed by atoms with Gasteiger partial charge in [-0.15, -0.1) is 0 Å². The summed E-state index contributed by atoms with van der Waals surface area (Å²) in [6.07, 6.45) is 0. The number of carbonyl (C=O) groups is 2. The van der Waals surface area contributed by atoms with Crippen LogP contribution in [0.1, 0.15) is 20.7 Å². The first-order valence-electron chi connectivity index (χ1n) is 9.48. The molecule has 0 saturated carbocycles. The van der Waals surface area contributed by atoms with Gasteiger partial charge in [0.05, 0.1) is 30.7 Å². The molecule has 4 aromatic rings. The van der Waals surface area contributed by atoms with Gasteiger partial charge in [0.15, 0.2) is 12.4 Å². The summed E-state index contributed by atoms with van der Waals surface area (Å²) >= 11 is 0. The largest absolute Gasteiger partial charge is 0.497 e. The molecule has 7 heteroatoms. The summed E-state index contributed by atoms with van der Waals surface area (Å²) in [5.74, 6) is 0.455. The highest BCUT2D eigenvalue weighted by Gasteiger charge is 2.18. The highest BCUT2D eigenvalue weighted by Crippen LogP contribution is 2.29. The third kappa shape index (κ3) is 4.11. The fourth-order valence-electron chi connectivity index (χ4n) is 3.19. The molecule has 31 heavy (non-hydrogen) atoms. The highest BCUT2D eigenvalue weighted by atomic mass is 16.5. The minimum Gasteiger partial charge on any atom is -0.497 e. The molecule has 7 nitrogen and oxygen atoms in total. The Bertz CT molecular complexity index is 1250. The van der Waals surface area contributed by atoms with Gasteiger partial charge >= 0.3 is 5.97 Å². The maximum absolute atomic E-state index is 12.6. The van der Waals surface area contributed by atoms with E-state index in [0.29, 0.717) is 39.3 Å². The van der Waals surface area contributed by atoms with Gasteiger partial charge < -0.3 is 18.7 Å². The number of aromatic nitrogens is 1. The van der Waals surface area contributed by atoms with Gasteiger partial charge in [0.1, 0.15) is 17.0 Å². The second-order valence-electron chi connectivity index (χ2n) is 6.68. The van der Waals surface area contributed by atoms with E-state index in [1.807, 2.05) is 30.3 Å². The first-order valence-corrected chi connectivity index (χ1v) is 9.48. The van der Waals surface area contributed by atoms with Gasteiger partial charge in [-0.1, -0.05) is 35.5 Å². The van der Waals surface area contributed by atoms with Crippen LogP contribution in [0, 0.1) is 0 Å². The van der Waals surface area contributed by atoms with E-state index in [4.69, 9.17) is 18.7 Å². The van der Waals surface area contributed by atoms with Crippen molar-refractivity contribution in [3.63, 3.8) is 0 Å². The van der Waals surface area contributed by atoms with Gasteiger partial charge in [0.25, 0.3) is 0 Å². The zero-order valence-electron chi connectivity index (χ0n) is 17.0. The maximum Gasteiger partial charge on any atom is 0.338 e. The molecule has 0 aliphatic carbocycles. The van der Waals surface area contributed by atoms with Gasteiger partial charge in [-0.3, -0.25) is 4.79 Å². The van der Waals surface area contributed by atoms with Gasteiger partial charge in [-0.25, -0.2) is 4.79 Å². The maximum atomic E-state index is 12.6. The molecule has 0 amide bonds. The minimum absolute atomic E-state index is 0.294. The van der Waals surface area contributed by atoms with Crippen molar-refractivity contribution in [2.24, 2.45) is 0 Å². The van der Waals surface area contributed by atoms with E-state index in [0.717, 1.165) is 5.56 Å². The molecule has 0 saturated heterocycles. The van der Waals surface area contributed by atoms with E-state index in [1.54, 1.807) is 36.4 Å². The number of fused-ring (bicyclic) bond motifs is 1. The molecule has 0 fully saturated rings. The lowest BCUT2D eigenvalue weighted by atomic mass is 10.1. The summed E-state index contributed by atoms with van der Waals surface area (Å²) in [5.41, 5.74) is 2.06. The van der Waals surface area contributed by atoms with Crippen molar-refractivity contribution in [3.05, 3.63) is 77.9 Å². The second kappa shape index (κ2) is 8.71. The summed E-state index contributed by atoms with van der Waals surface area (Å²) in [7, 11) is 2.98. The number of ether oxygens (including phenoxy) is 3. The predicted molar refractivity (Wildman–Crippen MR) is 114 cm³/mol. The zero-order chi connectivity index (χ0) is 21.8. The lowest BCUT2D eigenvalue weighted by Crippen LogP contribution is -2.15. The van der Waals surface area contributed by atoms with E-state index in [-0.39, 0.29) is 5.78 Å². The monoisotopic (exact) mass is 417 g/mol. The van der Waals surface area contributed by atoms with Gasteiger partial charge in [-0.2, -0.15) is 0 Å². The van der Waals surface area contributed by atoms with E-state index >= 15 is 0 Å². The number of esters is 1. The number of nitrogens with zero attached hydrogens (tertiary/aromatic N) is 1. The lowest BCUT2D eigenvalue weighted by molar-refractivity contribution is 0.0474. The predicted octanol–water partition coefficient (Wildman–Crippen LogP) is 4.55. The van der Waals surface area contributed by atoms with Crippen LogP contribution in [0.25, 0.3) is 22.2 Å². The van der Waals surface area contributed by atoms with Crippen molar-refractivity contribution in [3.8, 4) is 22.8 Å². The van der Waals surface area contributed by atoms with Crippen molar-refractivity contribution in [1.29, 1.82) is 0 Å². The average Bonchev–Trinajstić information content (AvgIpc) is 3.25. The van der Waals surface area contributed by atoms with Crippen molar-refractivity contribution < 1.29 is 28.3 Å². The Morgan fingerprint density at radius 1 is 0.935 bits per heavy atom. The molecule has 0 atom stereocenters. The van der Waals surface area contributed by atoms with Crippen LogP contribution in [0.2, 0.25) is 0 Å². The molecular weight excluding hydrogens is 398 g/mol. The van der Waals surface area contributed by atoms with E-state index in [9.17, 15) is 9.59 Å². The first-order chi connectivity index (χ1) is 15.1. The Morgan fingerprint density at radius 3 is 2.48 bits per heavy atom. The summed E-state index contributed by atoms with van der Waals surface area (Å²) in [5, 5.41) is 4.72. The Labute approximate surface area is 178 Å². The summed E-state index contributed by atoms with van der Waals surface area (Å²) in [6.45, 7) is -0.422. The second-order valence-corrected chi connectivity index (χ2v) is 6.68. The van der Waals surface area contributed by atoms with E-state index < -0.39 is 12.6 Å². The normalized spacial score (nSPS) is 10.6. The van der Waals surface area contributed by atoms with Crippen molar-refractivity contribution in [2.45, 2.75) is 0 Å². The third-order valence-corrected chi connectivity index (χ3v) is 4.79. The third-order valence-electron chi connectivity index (χ3n) is 4.79. The molecule has 0 spiro atoms. The van der Waals surface area contributed by atoms with Crippen molar-refractivity contribution >= 4 is 22.7 Å². The van der Waals surface area contributed by atoms with Gasteiger partial charge in [-0.05, 0) is 30.3 Å². The number of ketones is 1. The van der Waals surface area contributed by atoms with Gasteiger partial charge in [0, 0.05) is 11.6 Å². The van der Waals surface area contributed by atoms with Crippen LogP contribution in [0.4, 0.5) is 0 Å². The quantitative estimate of drug-likeness (QED) is 0.322. The molecule has 1 heterocycles. The molecule has 3 aromatic carbocycles. The van der Waals surface area contributed by atoms with E-state index in [2.05, 4.69) is 5.16 Å². The summed E-state index contributed by atoms with van der Waals surface area (Å²) in [6, 6.07) is 19.2. The molecule has 0 N–H and O–H groups in total. The molecule has 0 radical (unpaired) electrons. The van der Waals surface area contributed by atoms with E-state index in [1.165, 1.54) is 14.2 Å². The number of hydrogen-bond acceptors (Lipinski definition) is 7. The minimum atomic E-state index is -0.622. The average molecular weight is 417 g/mol. The molecule has 156 valence electrons. The van der Waals surface area contributed by atoms with Crippen molar-refractivity contribution in [1.82, 2.24) is 5.16 Å². The Morgan fingerprint density at radius 2 is 1.74 bits per heavy atom. The number of methoxy groups -OCH3 is 2. The van der Waals surface area contributed by atoms with Crippen LogP contribution >= 0.6 is 0 Å². The lowest BCUT2D eigenvalue weighted by Gasteiger charge is -2.10. The number of hydrogen-bond donors (Lipinski definition) is 0. The van der Waals surface area contributed by atoms with Gasteiger partial charge in [0.2, 0.25) is 5.78 Å².